The van der Waals surface area contributed by atoms with E-state index in [2.05, 4.69) is 26.2 Å². The summed E-state index contributed by atoms with van der Waals surface area (Å²) in [6.45, 7) is 1.19. The average Bonchev–Trinajstić information content (AvgIpc) is 3.06. The topological polar surface area (TPSA) is 72.9 Å². The summed E-state index contributed by atoms with van der Waals surface area (Å²) in [5.41, 5.74) is 7.65. The molecule has 0 atom stereocenters. The molecule has 0 aliphatic heterocycles. The number of aromatic nitrogens is 2. The number of nitrogens with two attached hydrogens (primary N) is 1. The monoisotopic (exact) mass is 402 g/mol. The number of hydrogen-bond acceptors (Lipinski definition) is 3. The summed E-state index contributed by atoms with van der Waals surface area (Å²) in [5, 5.41) is 3.07. The minimum Gasteiger partial charge on any atom is -0.380 e. The molecule has 7 heteroatoms. The molecule has 1 heterocycles. The Balaban J connectivity index is 1.70. The molecule has 3 aromatic rings. The smallest absolute Gasteiger partial charge is 0.253 e. The van der Waals surface area contributed by atoms with E-state index in [-0.39, 0.29) is 5.56 Å². The number of benzene rings is 2. The fraction of sp³-hybridized carbons (Fsp3) is 0.111. The van der Waals surface area contributed by atoms with Gasteiger partial charge in [0.1, 0.15) is 5.82 Å². The molecule has 0 spiro atoms. The first-order valence-electron chi connectivity index (χ1n) is 7.59. The van der Waals surface area contributed by atoms with Gasteiger partial charge in [0.25, 0.3) is 5.91 Å². The second kappa shape index (κ2) is 7.48. The lowest BCUT2D eigenvalue weighted by atomic mass is 10.1. The van der Waals surface area contributed by atoms with E-state index < -0.39 is 11.7 Å². The van der Waals surface area contributed by atoms with Crippen molar-refractivity contribution in [3.05, 3.63) is 82.1 Å². The quantitative estimate of drug-likeness (QED) is 0.661. The van der Waals surface area contributed by atoms with Crippen LogP contribution >= 0.6 is 15.9 Å². The van der Waals surface area contributed by atoms with Crippen LogP contribution < -0.4 is 11.1 Å². The first-order valence-corrected chi connectivity index (χ1v) is 8.38. The molecule has 5 nitrogen and oxygen atoms in total. The largest absolute Gasteiger partial charge is 0.380 e. The van der Waals surface area contributed by atoms with Crippen molar-refractivity contribution in [2.75, 3.05) is 5.32 Å². The van der Waals surface area contributed by atoms with Crippen molar-refractivity contribution in [3.63, 3.8) is 0 Å². The van der Waals surface area contributed by atoms with Crippen LogP contribution in [-0.4, -0.2) is 15.5 Å². The van der Waals surface area contributed by atoms with Crippen molar-refractivity contribution in [2.24, 2.45) is 5.73 Å². The molecule has 0 aliphatic rings. The van der Waals surface area contributed by atoms with Gasteiger partial charge in [-0.3, -0.25) is 4.79 Å². The lowest BCUT2D eigenvalue weighted by molar-refractivity contribution is 0.0997. The molecule has 0 fully saturated rings. The number of nitrogens with one attached hydrogen (secondary N) is 1. The van der Waals surface area contributed by atoms with Crippen LogP contribution in [0.15, 0.2) is 59.6 Å². The molecule has 2 aromatic carbocycles. The van der Waals surface area contributed by atoms with Crippen molar-refractivity contribution in [1.82, 2.24) is 9.55 Å². The lowest BCUT2D eigenvalue weighted by Gasteiger charge is -2.12. The van der Waals surface area contributed by atoms with E-state index in [9.17, 15) is 9.18 Å². The first-order chi connectivity index (χ1) is 12.0. The zero-order valence-electron chi connectivity index (χ0n) is 13.2. The molecular weight excluding hydrogens is 387 g/mol. The normalized spacial score (nSPS) is 10.6. The maximum atomic E-state index is 13.9. The van der Waals surface area contributed by atoms with Crippen LogP contribution in [0.3, 0.4) is 0 Å². The van der Waals surface area contributed by atoms with Gasteiger partial charge in [-0.15, -0.1) is 0 Å². The Kier molecular flexibility index (Phi) is 5.14. The van der Waals surface area contributed by atoms with Crippen molar-refractivity contribution < 1.29 is 9.18 Å². The first kappa shape index (κ1) is 17.2. The molecule has 0 unspecified atom stereocenters. The van der Waals surface area contributed by atoms with Crippen LogP contribution in [0.2, 0.25) is 0 Å². The Hall–Kier alpha value is -2.67. The summed E-state index contributed by atoms with van der Waals surface area (Å²) >= 11 is 3.22. The highest BCUT2D eigenvalue weighted by Gasteiger charge is 2.15. The van der Waals surface area contributed by atoms with Crippen molar-refractivity contribution in [3.8, 4) is 0 Å². The van der Waals surface area contributed by atoms with E-state index in [4.69, 9.17) is 5.73 Å². The Labute approximate surface area is 152 Å². The average molecular weight is 403 g/mol. The SMILES string of the molecule is NC(=O)c1c(F)cc(Br)cc1NCc1ccc(Cn2ccnc2)cc1. The van der Waals surface area contributed by atoms with Gasteiger partial charge in [-0.1, -0.05) is 40.2 Å². The van der Waals surface area contributed by atoms with Gasteiger partial charge >= 0.3 is 0 Å². The second-order valence-electron chi connectivity index (χ2n) is 5.58. The highest BCUT2D eigenvalue weighted by molar-refractivity contribution is 9.10. The molecular formula is C18H16BrFN4O. The van der Waals surface area contributed by atoms with E-state index >= 15 is 0 Å². The predicted molar refractivity (Wildman–Crippen MR) is 97.7 cm³/mol. The minimum absolute atomic E-state index is 0.139. The molecule has 0 saturated carbocycles. The Morgan fingerprint density at radius 1 is 1.24 bits per heavy atom. The summed E-state index contributed by atoms with van der Waals surface area (Å²) in [5.74, 6) is -1.46. The number of rotatable bonds is 6. The molecule has 25 heavy (non-hydrogen) atoms. The highest BCUT2D eigenvalue weighted by atomic mass is 79.9. The van der Waals surface area contributed by atoms with Crippen molar-refractivity contribution in [2.45, 2.75) is 13.1 Å². The number of imidazole rings is 1. The van der Waals surface area contributed by atoms with Gasteiger partial charge in [-0.25, -0.2) is 9.37 Å². The van der Waals surface area contributed by atoms with E-state index in [1.807, 2.05) is 35.0 Å². The van der Waals surface area contributed by atoms with E-state index in [0.29, 0.717) is 16.7 Å². The zero-order chi connectivity index (χ0) is 17.8. The van der Waals surface area contributed by atoms with Gasteiger partial charge in [0.15, 0.2) is 0 Å². The number of hydrogen-bond donors (Lipinski definition) is 2. The van der Waals surface area contributed by atoms with E-state index in [1.165, 1.54) is 6.07 Å². The number of carbonyl (C=O) groups excluding carboxylic acids is 1. The van der Waals surface area contributed by atoms with Gasteiger partial charge in [0, 0.05) is 30.0 Å². The van der Waals surface area contributed by atoms with Gasteiger partial charge < -0.3 is 15.6 Å². The fourth-order valence-electron chi connectivity index (χ4n) is 2.51. The summed E-state index contributed by atoms with van der Waals surface area (Å²) in [4.78, 5) is 15.5. The molecule has 0 aliphatic carbocycles. The molecule has 0 bridgehead atoms. The van der Waals surface area contributed by atoms with Crippen molar-refractivity contribution in [1.29, 1.82) is 0 Å². The number of carbonyl (C=O) groups is 1. The fourth-order valence-corrected chi connectivity index (χ4v) is 2.94. The van der Waals surface area contributed by atoms with E-state index in [0.717, 1.165) is 17.7 Å². The molecule has 1 amide bonds. The van der Waals surface area contributed by atoms with Crippen LogP contribution in [0.5, 0.6) is 0 Å². The lowest BCUT2D eigenvalue weighted by Crippen LogP contribution is -2.16. The van der Waals surface area contributed by atoms with Crippen LogP contribution in [0, 0.1) is 5.82 Å². The number of anilines is 1. The van der Waals surface area contributed by atoms with Gasteiger partial charge in [0.05, 0.1) is 17.6 Å². The maximum Gasteiger partial charge on any atom is 0.253 e. The third-order valence-electron chi connectivity index (χ3n) is 3.73. The maximum absolute atomic E-state index is 13.9. The molecule has 3 rings (SSSR count). The molecule has 128 valence electrons. The van der Waals surface area contributed by atoms with Crippen LogP contribution in [0.25, 0.3) is 0 Å². The Morgan fingerprint density at radius 2 is 1.96 bits per heavy atom. The molecule has 0 radical (unpaired) electrons. The standard InChI is InChI=1S/C18H16BrFN4O/c19-14-7-15(20)17(18(21)25)16(8-14)23-9-12-1-3-13(4-2-12)10-24-6-5-22-11-24/h1-8,11,23H,9-10H2,(H2,21,25). The zero-order valence-corrected chi connectivity index (χ0v) is 14.8. The number of primary amides is 1. The minimum atomic E-state index is -0.803. The Morgan fingerprint density at radius 3 is 2.60 bits per heavy atom. The van der Waals surface area contributed by atoms with Gasteiger partial charge in [-0.2, -0.15) is 0 Å². The molecule has 1 aromatic heterocycles. The Bertz CT molecular complexity index is 879. The molecule has 3 N–H and O–H groups in total. The van der Waals surface area contributed by atoms with Crippen LogP contribution in [0.4, 0.5) is 10.1 Å². The van der Waals surface area contributed by atoms with Crippen molar-refractivity contribution >= 4 is 27.5 Å². The van der Waals surface area contributed by atoms with E-state index in [1.54, 1.807) is 18.6 Å². The second-order valence-corrected chi connectivity index (χ2v) is 6.50. The van der Waals surface area contributed by atoms with Crippen LogP contribution in [0.1, 0.15) is 21.5 Å². The number of halogens is 2. The van der Waals surface area contributed by atoms with Gasteiger partial charge in [-0.05, 0) is 23.3 Å². The van der Waals surface area contributed by atoms with Crippen LogP contribution in [-0.2, 0) is 13.1 Å². The number of amides is 1. The summed E-state index contributed by atoms with van der Waals surface area (Å²) in [6.07, 6.45) is 5.41. The van der Waals surface area contributed by atoms with Gasteiger partial charge in [0.2, 0.25) is 0 Å². The summed E-state index contributed by atoms with van der Waals surface area (Å²) < 4.78 is 16.5. The third kappa shape index (κ3) is 4.24. The summed E-state index contributed by atoms with van der Waals surface area (Å²) in [6, 6.07) is 10.9. The molecule has 0 saturated heterocycles. The third-order valence-corrected chi connectivity index (χ3v) is 4.19. The summed E-state index contributed by atoms with van der Waals surface area (Å²) in [7, 11) is 0. The highest BCUT2D eigenvalue weighted by Crippen LogP contribution is 2.25. The predicted octanol–water partition coefficient (Wildman–Crippen LogP) is 3.54. The number of nitrogens with zero attached hydrogens (tertiary/aromatic N) is 2.